The van der Waals surface area contributed by atoms with Crippen molar-refractivity contribution in [3.8, 4) is 0 Å². The van der Waals surface area contributed by atoms with E-state index in [0.717, 1.165) is 17.7 Å². The quantitative estimate of drug-likeness (QED) is 0.388. The Labute approximate surface area is 170 Å². The largest absolute Gasteiger partial charge is 0.481 e. The van der Waals surface area contributed by atoms with Crippen LogP contribution in [0.25, 0.3) is 10.9 Å². The highest BCUT2D eigenvalue weighted by atomic mass is 19.1. The van der Waals surface area contributed by atoms with Gasteiger partial charge in [0, 0.05) is 29.1 Å². The number of carboxylic acid groups (broad SMARTS) is 1. The van der Waals surface area contributed by atoms with Gasteiger partial charge in [0.25, 0.3) is 0 Å². The van der Waals surface area contributed by atoms with E-state index >= 15 is 0 Å². The molecule has 5 heteroatoms. The van der Waals surface area contributed by atoms with E-state index in [9.17, 15) is 19.1 Å². The molecule has 1 aliphatic heterocycles. The number of Topliss-reactive ketones (excluding diaryl/α,β-unsaturated/α-hetero) is 1. The standard InChI is InChI=1S/C24H26FNO3/c1-5-16(9-8-14(2)3)24(29)22-21-15(4)11-18(25)13-19(21)26-10-6-7-17(23(22)26)12-20(27)28/h5,8-9,11,13,17H,2,6-7,10,12H2,1,3-4H3,(H,27,28)/b9-8-,16-5?/t17-/m1/s1. The minimum Gasteiger partial charge on any atom is -0.481 e. The number of allylic oxidation sites excluding steroid dienone is 5. The number of halogens is 1. The predicted octanol–water partition coefficient (Wildman–Crippen LogP) is 5.70. The Morgan fingerprint density at radius 1 is 1.34 bits per heavy atom. The van der Waals surface area contributed by atoms with Gasteiger partial charge in [-0.1, -0.05) is 30.4 Å². The van der Waals surface area contributed by atoms with Gasteiger partial charge in [0.15, 0.2) is 5.78 Å². The molecule has 1 aliphatic rings. The zero-order valence-electron chi connectivity index (χ0n) is 17.1. The molecule has 152 valence electrons. The summed E-state index contributed by atoms with van der Waals surface area (Å²) in [6.45, 7) is 9.91. The fourth-order valence-electron chi connectivity index (χ4n) is 4.27. The van der Waals surface area contributed by atoms with E-state index in [1.807, 2.05) is 11.5 Å². The first-order chi connectivity index (χ1) is 13.7. The number of carboxylic acids is 1. The van der Waals surface area contributed by atoms with E-state index in [1.54, 1.807) is 32.1 Å². The third-order valence-electron chi connectivity index (χ3n) is 5.46. The normalized spacial score (nSPS) is 17.0. The lowest BCUT2D eigenvalue weighted by Crippen LogP contribution is -2.20. The maximum Gasteiger partial charge on any atom is 0.304 e. The van der Waals surface area contributed by atoms with E-state index in [-0.39, 0.29) is 23.9 Å². The van der Waals surface area contributed by atoms with Crippen LogP contribution in [0.5, 0.6) is 0 Å². The van der Waals surface area contributed by atoms with Gasteiger partial charge in [-0.05, 0) is 51.3 Å². The van der Waals surface area contributed by atoms with Gasteiger partial charge in [-0.2, -0.15) is 0 Å². The molecule has 4 nitrogen and oxygen atoms in total. The molecule has 2 aromatic rings. The molecule has 0 amide bonds. The van der Waals surface area contributed by atoms with Crippen LogP contribution >= 0.6 is 0 Å². The summed E-state index contributed by atoms with van der Waals surface area (Å²) in [5.74, 6) is -1.71. The first-order valence-corrected chi connectivity index (χ1v) is 9.83. The molecule has 0 unspecified atom stereocenters. The number of aromatic nitrogens is 1. The summed E-state index contributed by atoms with van der Waals surface area (Å²) in [5, 5.41) is 10.1. The summed E-state index contributed by atoms with van der Waals surface area (Å²) >= 11 is 0. The highest BCUT2D eigenvalue weighted by Crippen LogP contribution is 2.41. The van der Waals surface area contributed by atoms with Crippen LogP contribution in [0.3, 0.4) is 0 Å². The number of aliphatic carboxylic acids is 1. The van der Waals surface area contributed by atoms with Crippen molar-refractivity contribution in [2.24, 2.45) is 0 Å². The number of ketones is 1. The van der Waals surface area contributed by atoms with Crippen LogP contribution in [0.4, 0.5) is 4.39 Å². The zero-order valence-corrected chi connectivity index (χ0v) is 17.1. The molecule has 3 rings (SSSR count). The molecule has 0 radical (unpaired) electrons. The summed E-state index contributed by atoms with van der Waals surface area (Å²) in [6.07, 6.45) is 6.69. The van der Waals surface area contributed by atoms with E-state index < -0.39 is 5.97 Å². The zero-order chi connectivity index (χ0) is 21.3. The maximum absolute atomic E-state index is 14.2. The molecule has 1 aromatic heterocycles. The van der Waals surface area contributed by atoms with Gasteiger partial charge in [0.05, 0.1) is 17.5 Å². The number of hydrogen-bond acceptors (Lipinski definition) is 2. The van der Waals surface area contributed by atoms with Crippen LogP contribution in [-0.4, -0.2) is 21.4 Å². The second kappa shape index (κ2) is 8.19. The molecule has 0 bridgehead atoms. The lowest BCUT2D eigenvalue weighted by molar-refractivity contribution is -0.137. The Bertz CT molecular complexity index is 1070. The number of aryl methyl sites for hydroxylation is 2. The topological polar surface area (TPSA) is 59.3 Å². The van der Waals surface area contributed by atoms with Crippen molar-refractivity contribution in [3.63, 3.8) is 0 Å². The summed E-state index contributed by atoms with van der Waals surface area (Å²) < 4.78 is 16.1. The number of carbonyl (C=O) groups is 2. The molecular formula is C24H26FNO3. The number of rotatable bonds is 6. The molecule has 0 spiro atoms. The number of carbonyl (C=O) groups excluding carboxylic acids is 1. The molecular weight excluding hydrogens is 369 g/mol. The van der Waals surface area contributed by atoms with Crippen molar-refractivity contribution in [2.75, 3.05) is 0 Å². The van der Waals surface area contributed by atoms with Crippen LogP contribution in [0.15, 0.2) is 48.1 Å². The Morgan fingerprint density at radius 2 is 2.07 bits per heavy atom. The Kier molecular flexibility index (Phi) is 5.87. The number of fused-ring (bicyclic) bond motifs is 3. The number of benzene rings is 1. The van der Waals surface area contributed by atoms with E-state index in [0.29, 0.717) is 40.6 Å². The molecule has 29 heavy (non-hydrogen) atoms. The summed E-state index contributed by atoms with van der Waals surface area (Å²) in [5.41, 5.74) is 3.89. The monoisotopic (exact) mass is 395 g/mol. The fourth-order valence-corrected chi connectivity index (χ4v) is 4.27. The van der Waals surface area contributed by atoms with Crippen LogP contribution in [-0.2, 0) is 11.3 Å². The summed E-state index contributed by atoms with van der Waals surface area (Å²) in [6, 6.07) is 2.88. The smallest absolute Gasteiger partial charge is 0.304 e. The molecule has 2 heterocycles. The number of nitrogens with zero attached hydrogens (tertiary/aromatic N) is 1. The lowest BCUT2D eigenvalue weighted by Gasteiger charge is -2.25. The SMILES string of the molecule is C=C(C)/C=C\C(=CC)C(=O)c1c2n(c3cc(F)cc(C)c13)CCC[C@@H]2CC(=O)O. The number of hydrogen-bond donors (Lipinski definition) is 1. The molecule has 0 fully saturated rings. The Hall–Kier alpha value is -2.95. The van der Waals surface area contributed by atoms with E-state index in [2.05, 4.69) is 6.58 Å². The lowest BCUT2D eigenvalue weighted by atomic mass is 9.87. The van der Waals surface area contributed by atoms with Gasteiger partial charge in [-0.3, -0.25) is 9.59 Å². The maximum atomic E-state index is 14.2. The molecule has 1 atom stereocenters. The van der Waals surface area contributed by atoms with Crippen molar-refractivity contribution in [3.05, 3.63) is 70.7 Å². The van der Waals surface area contributed by atoms with Crippen molar-refractivity contribution < 1.29 is 19.1 Å². The van der Waals surface area contributed by atoms with Crippen LogP contribution in [0, 0.1) is 12.7 Å². The highest BCUT2D eigenvalue weighted by molar-refractivity contribution is 6.19. The van der Waals surface area contributed by atoms with Gasteiger partial charge in [-0.25, -0.2) is 4.39 Å². The van der Waals surface area contributed by atoms with Crippen molar-refractivity contribution in [2.45, 2.75) is 52.5 Å². The van der Waals surface area contributed by atoms with Crippen LogP contribution in [0.2, 0.25) is 0 Å². The molecule has 0 aliphatic carbocycles. The van der Waals surface area contributed by atoms with Gasteiger partial charge in [0.1, 0.15) is 5.82 Å². The minimum atomic E-state index is -0.900. The summed E-state index contributed by atoms with van der Waals surface area (Å²) in [7, 11) is 0. The van der Waals surface area contributed by atoms with Crippen molar-refractivity contribution in [1.82, 2.24) is 4.57 Å². The average molecular weight is 395 g/mol. The molecule has 0 saturated heterocycles. The third kappa shape index (κ3) is 3.95. The van der Waals surface area contributed by atoms with Gasteiger partial charge >= 0.3 is 5.97 Å². The Morgan fingerprint density at radius 3 is 2.69 bits per heavy atom. The molecule has 0 saturated carbocycles. The second-order valence-electron chi connectivity index (χ2n) is 7.72. The van der Waals surface area contributed by atoms with Crippen LogP contribution < -0.4 is 0 Å². The van der Waals surface area contributed by atoms with Crippen molar-refractivity contribution >= 4 is 22.7 Å². The molecule has 1 aromatic carbocycles. The van der Waals surface area contributed by atoms with E-state index in [4.69, 9.17) is 0 Å². The highest BCUT2D eigenvalue weighted by Gasteiger charge is 2.33. The van der Waals surface area contributed by atoms with Crippen molar-refractivity contribution in [1.29, 1.82) is 0 Å². The van der Waals surface area contributed by atoms with Gasteiger partial charge < -0.3 is 9.67 Å². The average Bonchev–Trinajstić information content (AvgIpc) is 2.97. The predicted molar refractivity (Wildman–Crippen MR) is 113 cm³/mol. The van der Waals surface area contributed by atoms with Gasteiger partial charge in [0.2, 0.25) is 0 Å². The minimum absolute atomic E-state index is 0.0507. The van der Waals surface area contributed by atoms with E-state index in [1.165, 1.54) is 12.1 Å². The summed E-state index contributed by atoms with van der Waals surface area (Å²) in [4.78, 5) is 25.1. The third-order valence-corrected chi connectivity index (χ3v) is 5.46. The van der Waals surface area contributed by atoms with Gasteiger partial charge in [-0.15, -0.1) is 0 Å². The first-order valence-electron chi connectivity index (χ1n) is 9.83. The Balaban J connectivity index is 2.31. The molecule has 1 N–H and O–H groups in total. The first kappa shape index (κ1) is 20.8. The van der Waals surface area contributed by atoms with Crippen LogP contribution in [0.1, 0.15) is 60.6 Å². The second-order valence-corrected chi connectivity index (χ2v) is 7.72. The fraction of sp³-hybridized carbons (Fsp3) is 0.333.